The molecule has 0 aromatic heterocycles. The van der Waals surface area contributed by atoms with Crippen molar-refractivity contribution >= 4 is 12.1 Å². The molecule has 20 heavy (non-hydrogen) atoms. The fraction of sp³-hybridized carbons (Fsp3) is 0.733. The molecule has 0 aromatic carbocycles. The van der Waals surface area contributed by atoms with Crippen LogP contribution in [0.1, 0.15) is 47.5 Å². The number of amides is 1. The van der Waals surface area contributed by atoms with Crippen LogP contribution in [0.5, 0.6) is 0 Å². The molecular weight excluding hydrogens is 258 g/mol. The molecule has 1 rings (SSSR count). The van der Waals surface area contributed by atoms with Gasteiger partial charge in [0.2, 0.25) is 0 Å². The summed E-state index contributed by atoms with van der Waals surface area (Å²) < 4.78 is 10.8. The number of hydrogen-bond acceptors (Lipinski definition) is 4. The van der Waals surface area contributed by atoms with E-state index in [1.54, 1.807) is 11.8 Å². The van der Waals surface area contributed by atoms with E-state index in [0.29, 0.717) is 31.5 Å². The Morgan fingerprint density at radius 2 is 1.70 bits per heavy atom. The molecule has 0 spiro atoms. The monoisotopic (exact) mass is 283 g/mol. The highest BCUT2D eigenvalue weighted by molar-refractivity contribution is 5.87. The Bertz CT molecular complexity index is 401. The smallest absolute Gasteiger partial charge is 0.410 e. The molecule has 1 fully saturated rings. The minimum atomic E-state index is -0.533. The molecule has 1 saturated heterocycles. The Balaban J connectivity index is 2.52. The highest BCUT2D eigenvalue weighted by Gasteiger charge is 2.36. The highest BCUT2D eigenvalue weighted by atomic mass is 16.6. The fourth-order valence-corrected chi connectivity index (χ4v) is 1.90. The fourth-order valence-electron chi connectivity index (χ4n) is 1.90. The lowest BCUT2D eigenvalue weighted by molar-refractivity contribution is -0.157. The molecule has 1 aliphatic rings. The van der Waals surface area contributed by atoms with Crippen LogP contribution in [-0.4, -0.2) is 41.3 Å². The molecule has 0 radical (unpaired) electrons. The van der Waals surface area contributed by atoms with Crippen molar-refractivity contribution in [2.45, 2.75) is 58.7 Å². The van der Waals surface area contributed by atoms with Crippen molar-refractivity contribution in [1.29, 1.82) is 0 Å². The minimum absolute atomic E-state index is 0.314. The van der Waals surface area contributed by atoms with E-state index in [0.717, 1.165) is 0 Å². The highest BCUT2D eigenvalue weighted by Crippen LogP contribution is 2.27. The van der Waals surface area contributed by atoms with Gasteiger partial charge in [-0.05, 0) is 34.6 Å². The first-order valence-electron chi connectivity index (χ1n) is 6.89. The standard InChI is InChI=1S/C15H25NO4/c1-11(2)12(17)19-15(6)7-9-16(10-8-15)13(18)20-14(3,4)5/h1,7-10H2,2-6H3. The third kappa shape index (κ3) is 4.87. The van der Waals surface area contributed by atoms with Crippen LogP contribution in [0.4, 0.5) is 4.79 Å². The lowest BCUT2D eigenvalue weighted by Crippen LogP contribution is -2.48. The molecule has 0 unspecified atom stereocenters. The Morgan fingerprint density at radius 1 is 1.20 bits per heavy atom. The van der Waals surface area contributed by atoms with Crippen molar-refractivity contribution in [3.05, 3.63) is 12.2 Å². The van der Waals surface area contributed by atoms with Crippen LogP contribution in [0.2, 0.25) is 0 Å². The van der Waals surface area contributed by atoms with Crippen molar-refractivity contribution in [3.8, 4) is 0 Å². The van der Waals surface area contributed by atoms with E-state index in [9.17, 15) is 9.59 Å². The lowest BCUT2D eigenvalue weighted by atomic mass is 9.93. The number of likely N-dealkylation sites (tertiary alicyclic amines) is 1. The SMILES string of the molecule is C=C(C)C(=O)OC1(C)CCN(C(=O)OC(C)(C)C)CC1. The van der Waals surface area contributed by atoms with Gasteiger partial charge in [0, 0.05) is 31.5 Å². The Labute approximate surface area is 120 Å². The number of nitrogens with zero attached hydrogens (tertiary/aromatic N) is 1. The summed E-state index contributed by atoms with van der Waals surface area (Å²) in [5.74, 6) is -0.377. The Kier molecular flexibility index (Phi) is 4.84. The van der Waals surface area contributed by atoms with Crippen LogP contribution in [-0.2, 0) is 14.3 Å². The maximum absolute atomic E-state index is 11.9. The summed E-state index contributed by atoms with van der Waals surface area (Å²) in [6.45, 7) is 13.7. The molecule has 5 heteroatoms. The van der Waals surface area contributed by atoms with Crippen molar-refractivity contribution in [1.82, 2.24) is 4.90 Å². The summed E-state index contributed by atoms with van der Waals surface area (Å²) in [7, 11) is 0. The maximum atomic E-state index is 11.9. The number of esters is 1. The zero-order valence-corrected chi connectivity index (χ0v) is 13.1. The van der Waals surface area contributed by atoms with Crippen LogP contribution in [0.25, 0.3) is 0 Å². The predicted molar refractivity (Wildman–Crippen MR) is 76.4 cm³/mol. The first-order chi connectivity index (χ1) is 9.02. The molecule has 0 atom stereocenters. The third-order valence-corrected chi connectivity index (χ3v) is 3.16. The first-order valence-corrected chi connectivity index (χ1v) is 6.89. The van der Waals surface area contributed by atoms with Crippen LogP contribution >= 0.6 is 0 Å². The van der Waals surface area contributed by atoms with E-state index in [2.05, 4.69) is 6.58 Å². The van der Waals surface area contributed by atoms with Crippen molar-refractivity contribution in [2.24, 2.45) is 0 Å². The molecule has 0 aromatic rings. The van der Waals surface area contributed by atoms with Gasteiger partial charge < -0.3 is 14.4 Å². The molecule has 1 amide bonds. The van der Waals surface area contributed by atoms with Crippen LogP contribution < -0.4 is 0 Å². The third-order valence-electron chi connectivity index (χ3n) is 3.16. The summed E-state index contributed by atoms with van der Waals surface area (Å²) >= 11 is 0. The summed E-state index contributed by atoms with van der Waals surface area (Å²) in [5, 5.41) is 0. The summed E-state index contributed by atoms with van der Waals surface area (Å²) in [5.41, 5.74) is -0.639. The van der Waals surface area contributed by atoms with E-state index in [4.69, 9.17) is 9.47 Å². The molecule has 0 N–H and O–H groups in total. The average Bonchev–Trinajstić information content (AvgIpc) is 2.26. The largest absolute Gasteiger partial charge is 0.456 e. The normalized spacial score (nSPS) is 18.4. The molecule has 114 valence electrons. The Morgan fingerprint density at radius 3 is 2.10 bits per heavy atom. The number of carbonyl (C=O) groups is 2. The molecular formula is C15H25NO4. The summed E-state index contributed by atoms with van der Waals surface area (Å²) in [4.78, 5) is 25.2. The number of rotatable bonds is 2. The van der Waals surface area contributed by atoms with Gasteiger partial charge in [0.25, 0.3) is 0 Å². The van der Waals surface area contributed by atoms with Gasteiger partial charge in [0.05, 0.1) is 0 Å². The summed E-state index contributed by atoms with van der Waals surface area (Å²) in [6.07, 6.45) is 0.891. The minimum Gasteiger partial charge on any atom is -0.456 e. The van der Waals surface area contributed by atoms with Gasteiger partial charge in [-0.25, -0.2) is 9.59 Å². The van der Waals surface area contributed by atoms with E-state index >= 15 is 0 Å². The first kappa shape index (κ1) is 16.5. The van der Waals surface area contributed by atoms with Gasteiger partial charge in [0.15, 0.2) is 0 Å². The van der Waals surface area contributed by atoms with Crippen molar-refractivity contribution in [3.63, 3.8) is 0 Å². The average molecular weight is 283 g/mol. The predicted octanol–water partition coefficient (Wildman–Crippen LogP) is 2.90. The molecule has 1 aliphatic heterocycles. The van der Waals surface area contributed by atoms with Gasteiger partial charge in [-0.1, -0.05) is 6.58 Å². The molecule has 5 nitrogen and oxygen atoms in total. The van der Waals surface area contributed by atoms with Crippen molar-refractivity contribution in [2.75, 3.05) is 13.1 Å². The zero-order chi connectivity index (χ0) is 15.6. The topological polar surface area (TPSA) is 55.8 Å². The molecule has 1 heterocycles. The van der Waals surface area contributed by atoms with Crippen LogP contribution in [0, 0.1) is 0 Å². The molecule has 0 saturated carbocycles. The number of carbonyl (C=O) groups excluding carboxylic acids is 2. The molecule has 0 aliphatic carbocycles. The number of ether oxygens (including phenoxy) is 2. The second-order valence-corrected chi connectivity index (χ2v) is 6.59. The zero-order valence-electron chi connectivity index (χ0n) is 13.1. The van der Waals surface area contributed by atoms with E-state index < -0.39 is 11.2 Å². The van der Waals surface area contributed by atoms with E-state index in [1.165, 1.54) is 0 Å². The van der Waals surface area contributed by atoms with Crippen molar-refractivity contribution < 1.29 is 19.1 Å². The van der Waals surface area contributed by atoms with Gasteiger partial charge in [-0.2, -0.15) is 0 Å². The maximum Gasteiger partial charge on any atom is 0.410 e. The lowest BCUT2D eigenvalue weighted by Gasteiger charge is -2.39. The van der Waals surface area contributed by atoms with Crippen LogP contribution in [0.15, 0.2) is 12.2 Å². The van der Waals surface area contributed by atoms with Gasteiger partial charge in [-0.3, -0.25) is 0 Å². The van der Waals surface area contributed by atoms with Gasteiger partial charge in [0.1, 0.15) is 11.2 Å². The second kappa shape index (κ2) is 5.85. The van der Waals surface area contributed by atoms with Gasteiger partial charge in [-0.15, -0.1) is 0 Å². The molecule has 0 bridgehead atoms. The Hall–Kier alpha value is -1.52. The number of hydrogen-bond donors (Lipinski definition) is 0. The summed E-state index contributed by atoms with van der Waals surface area (Å²) in [6, 6.07) is 0. The second-order valence-electron chi connectivity index (χ2n) is 6.59. The number of piperidine rings is 1. The van der Waals surface area contributed by atoms with Gasteiger partial charge >= 0.3 is 12.1 Å². The quantitative estimate of drug-likeness (QED) is 0.577. The van der Waals surface area contributed by atoms with E-state index in [-0.39, 0.29) is 12.1 Å². The van der Waals surface area contributed by atoms with E-state index in [1.807, 2.05) is 27.7 Å². The van der Waals surface area contributed by atoms with Crippen LogP contribution in [0.3, 0.4) is 0 Å².